The molecule has 0 heterocycles. The molecule has 0 aromatic carbocycles. The second-order valence-corrected chi connectivity index (χ2v) is 3.30. The van der Waals surface area contributed by atoms with Gasteiger partial charge >= 0.3 is 0 Å². The van der Waals surface area contributed by atoms with Gasteiger partial charge in [0.2, 0.25) is 0 Å². The molecule has 0 spiro atoms. The Kier molecular flexibility index (Phi) is 5.97. The fourth-order valence-electron chi connectivity index (χ4n) is 1.00. The summed E-state index contributed by atoms with van der Waals surface area (Å²) in [6, 6.07) is 0.273. The van der Waals surface area contributed by atoms with E-state index in [0.717, 1.165) is 19.4 Å². The highest BCUT2D eigenvalue weighted by Crippen LogP contribution is 2.03. The Morgan fingerprint density at radius 2 is 2.09 bits per heavy atom. The van der Waals surface area contributed by atoms with E-state index < -0.39 is 0 Å². The van der Waals surface area contributed by atoms with E-state index in [2.05, 4.69) is 32.0 Å². The normalized spacial score (nSPS) is 13.0. The Balaban J connectivity index is 3.52. The molecular formula is C10H19N. The minimum absolute atomic E-state index is 0.273. The maximum Gasteiger partial charge on any atom is 0.0689 e. The van der Waals surface area contributed by atoms with Gasteiger partial charge < -0.3 is 5.32 Å². The van der Waals surface area contributed by atoms with Crippen molar-refractivity contribution in [1.82, 2.24) is 5.32 Å². The number of hydrogen-bond donors (Lipinski definition) is 1. The third-order valence-corrected chi connectivity index (χ3v) is 1.55. The molecule has 0 saturated heterocycles. The molecule has 1 heteroatoms. The van der Waals surface area contributed by atoms with Gasteiger partial charge in [-0.3, -0.25) is 0 Å². The zero-order valence-electron chi connectivity index (χ0n) is 7.85. The first kappa shape index (κ1) is 10.5. The summed E-state index contributed by atoms with van der Waals surface area (Å²) >= 11 is 0. The number of nitrogens with one attached hydrogen (secondary N) is 1. The Hall–Kier alpha value is -0.480. The highest BCUT2D eigenvalue weighted by molar-refractivity contribution is 4.98. The van der Waals surface area contributed by atoms with Gasteiger partial charge in [0, 0.05) is 0 Å². The van der Waals surface area contributed by atoms with Crippen molar-refractivity contribution in [2.24, 2.45) is 5.92 Å². The van der Waals surface area contributed by atoms with Crippen LogP contribution in [0.4, 0.5) is 0 Å². The standard InChI is InChI=1S/C10H19N/c1-5-7-11-10(6-2)8-9(3)4/h2,9-11H,5,7-8H2,1,3-4H3. The Morgan fingerprint density at radius 3 is 2.45 bits per heavy atom. The number of rotatable bonds is 5. The summed E-state index contributed by atoms with van der Waals surface area (Å²) in [5.41, 5.74) is 0. The third-order valence-electron chi connectivity index (χ3n) is 1.55. The van der Waals surface area contributed by atoms with Gasteiger partial charge in [-0.2, -0.15) is 0 Å². The molecule has 0 aliphatic heterocycles. The average molecular weight is 153 g/mol. The summed E-state index contributed by atoms with van der Waals surface area (Å²) in [6.45, 7) is 7.56. The van der Waals surface area contributed by atoms with Crippen LogP contribution < -0.4 is 5.32 Å². The van der Waals surface area contributed by atoms with Gasteiger partial charge in [-0.25, -0.2) is 0 Å². The predicted molar refractivity (Wildman–Crippen MR) is 50.4 cm³/mol. The van der Waals surface area contributed by atoms with E-state index in [1.54, 1.807) is 0 Å². The SMILES string of the molecule is C#CC(CC(C)C)NCCC. The maximum atomic E-state index is 5.35. The molecule has 0 radical (unpaired) electrons. The molecule has 0 bridgehead atoms. The van der Waals surface area contributed by atoms with Crippen molar-refractivity contribution in [3.05, 3.63) is 0 Å². The maximum absolute atomic E-state index is 5.35. The number of hydrogen-bond acceptors (Lipinski definition) is 1. The molecule has 0 aliphatic carbocycles. The van der Waals surface area contributed by atoms with Gasteiger partial charge in [-0.1, -0.05) is 26.7 Å². The van der Waals surface area contributed by atoms with Crippen LogP contribution in [0.15, 0.2) is 0 Å². The number of terminal acetylenes is 1. The molecule has 0 fully saturated rings. The van der Waals surface area contributed by atoms with Crippen LogP contribution in [0.1, 0.15) is 33.6 Å². The molecule has 64 valence electrons. The van der Waals surface area contributed by atoms with Crippen molar-refractivity contribution in [1.29, 1.82) is 0 Å². The lowest BCUT2D eigenvalue weighted by atomic mass is 10.0. The van der Waals surface area contributed by atoms with E-state index in [9.17, 15) is 0 Å². The van der Waals surface area contributed by atoms with E-state index in [1.807, 2.05) is 0 Å². The van der Waals surface area contributed by atoms with Crippen molar-refractivity contribution in [2.75, 3.05) is 6.54 Å². The van der Waals surface area contributed by atoms with Crippen molar-refractivity contribution in [3.8, 4) is 12.3 Å². The summed E-state index contributed by atoms with van der Waals surface area (Å²) < 4.78 is 0. The van der Waals surface area contributed by atoms with Gasteiger partial charge in [-0.15, -0.1) is 6.42 Å². The average Bonchev–Trinajstić information content (AvgIpc) is 1.97. The largest absolute Gasteiger partial charge is 0.304 e. The van der Waals surface area contributed by atoms with E-state index in [-0.39, 0.29) is 6.04 Å². The molecule has 1 unspecified atom stereocenters. The van der Waals surface area contributed by atoms with Crippen LogP contribution in [0, 0.1) is 18.3 Å². The highest BCUT2D eigenvalue weighted by atomic mass is 14.9. The topological polar surface area (TPSA) is 12.0 Å². The molecule has 0 rings (SSSR count). The summed E-state index contributed by atoms with van der Waals surface area (Å²) in [6.07, 6.45) is 7.58. The molecule has 0 saturated carbocycles. The minimum Gasteiger partial charge on any atom is -0.304 e. The molecule has 0 aromatic heterocycles. The highest BCUT2D eigenvalue weighted by Gasteiger charge is 2.04. The summed E-state index contributed by atoms with van der Waals surface area (Å²) in [5.74, 6) is 3.44. The first-order valence-electron chi connectivity index (χ1n) is 4.40. The Labute approximate surface area is 70.6 Å². The van der Waals surface area contributed by atoms with E-state index in [4.69, 9.17) is 6.42 Å². The van der Waals surface area contributed by atoms with E-state index >= 15 is 0 Å². The van der Waals surface area contributed by atoms with Crippen LogP contribution in [-0.4, -0.2) is 12.6 Å². The lowest BCUT2D eigenvalue weighted by Gasteiger charge is -2.13. The smallest absolute Gasteiger partial charge is 0.0689 e. The fourth-order valence-corrected chi connectivity index (χ4v) is 1.00. The molecular weight excluding hydrogens is 134 g/mol. The predicted octanol–water partition coefficient (Wildman–Crippen LogP) is 2.03. The fraction of sp³-hybridized carbons (Fsp3) is 0.800. The molecule has 1 N–H and O–H groups in total. The van der Waals surface area contributed by atoms with Crippen LogP contribution >= 0.6 is 0 Å². The Bertz CT molecular complexity index is 121. The van der Waals surface area contributed by atoms with Gasteiger partial charge in [-0.05, 0) is 25.3 Å². The van der Waals surface area contributed by atoms with Gasteiger partial charge in [0.25, 0.3) is 0 Å². The summed E-state index contributed by atoms with van der Waals surface area (Å²) in [7, 11) is 0. The molecule has 1 atom stereocenters. The minimum atomic E-state index is 0.273. The van der Waals surface area contributed by atoms with Crippen LogP contribution in [0.5, 0.6) is 0 Å². The van der Waals surface area contributed by atoms with Crippen molar-refractivity contribution >= 4 is 0 Å². The second kappa shape index (κ2) is 6.24. The summed E-state index contributed by atoms with van der Waals surface area (Å²) in [5, 5.41) is 3.31. The second-order valence-electron chi connectivity index (χ2n) is 3.30. The lowest BCUT2D eigenvalue weighted by molar-refractivity contribution is 0.482. The first-order chi connectivity index (χ1) is 5.20. The van der Waals surface area contributed by atoms with Crippen LogP contribution in [0.2, 0.25) is 0 Å². The van der Waals surface area contributed by atoms with Crippen molar-refractivity contribution < 1.29 is 0 Å². The molecule has 11 heavy (non-hydrogen) atoms. The molecule has 0 amide bonds. The molecule has 0 aliphatic rings. The van der Waals surface area contributed by atoms with Crippen LogP contribution in [0.3, 0.4) is 0 Å². The lowest BCUT2D eigenvalue weighted by Crippen LogP contribution is -2.29. The van der Waals surface area contributed by atoms with Crippen molar-refractivity contribution in [3.63, 3.8) is 0 Å². The monoisotopic (exact) mass is 153 g/mol. The van der Waals surface area contributed by atoms with E-state index in [1.165, 1.54) is 0 Å². The zero-order valence-corrected chi connectivity index (χ0v) is 7.85. The quantitative estimate of drug-likeness (QED) is 0.596. The van der Waals surface area contributed by atoms with Gasteiger partial charge in [0.05, 0.1) is 6.04 Å². The molecule has 0 aromatic rings. The van der Waals surface area contributed by atoms with Gasteiger partial charge in [0.15, 0.2) is 0 Å². The van der Waals surface area contributed by atoms with Crippen LogP contribution in [-0.2, 0) is 0 Å². The van der Waals surface area contributed by atoms with Gasteiger partial charge in [0.1, 0.15) is 0 Å². The van der Waals surface area contributed by atoms with E-state index in [0.29, 0.717) is 5.92 Å². The first-order valence-corrected chi connectivity index (χ1v) is 4.40. The van der Waals surface area contributed by atoms with Crippen LogP contribution in [0.25, 0.3) is 0 Å². The zero-order chi connectivity index (χ0) is 8.69. The third kappa shape index (κ3) is 5.94. The molecule has 1 nitrogen and oxygen atoms in total. The summed E-state index contributed by atoms with van der Waals surface area (Å²) in [4.78, 5) is 0. The van der Waals surface area contributed by atoms with Crippen molar-refractivity contribution in [2.45, 2.75) is 39.7 Å². The Morgan fingerprint density at radius 1 is 1.45 bits per heavy atom.